The van der Waals surface area contributed by atoms with E-state index < -0.39 is 0 Å². The van der Waals surface area contributed by atoms with Gasteiger partial charge >= 0.3 is 0 Å². The summed E-state index contributed by atoms with van der Waals surface area (Å²) in [4.78, 5) is 2.62. The van der Waals surface area contributed by atoms with E-state index in [0.29, 0.717) is 24.9 Å². The van der Waals surface area contributed by atoms with Crippen LogP contribution in [-0.2, 0) is 22.5 Å². The van der Waals surface area contributed by atoms with Crippen LogP contribution in [0.15, 0.2) is 48.5 Å². The first-order chi connectivity index (χ1) is 15.8. The van der Waals surface area contributed by atoms with Crippen molar-refractivity contribution in [3.05, 3.63) is 59.7 Å². The Balaban J connectivity index is 1.26. The molecule has 1 unspecified atom stereocenters. The Bertz CT molecular complexity index is 828. The summed E-state index contributed by atoms with van der Waals surface area (Å²) in [6.45, 7) is 3.57. The van der Waals surface area contributed by atoms with Crippen molar-refractivity contribution in [3.8, 4) is 11.5 Å². The summed E-state index contributed by atoms with van der Waals surface area (Å²) in [5.41, 5.74) is 2.46. The summed E-state index contributed by atoms with van der Waals surface area (Å²) >= 11 is 0. The number of benzene rings is 2. The number of nitrogens with zero attached hydrogens (tertiary/aromatic N) is 1. The SMILES string of the molecule is COc1ccc(CCOC2CCCC[C@H]2N2CC[C@@H](OCc3ccccc3)C2)cc1OC. The smallest absolute Gasteiger partial charge is 0.160 e. The van der Waals surface area contributed by atoms with E-state index in [9.17, 15) is 0 Å². The predicted octanol–water partition coefficient (Wildman–Crippen LogP) is 4.87. The lowest BCUT2D eigenvalue weighted by Crippen LogP contribution is -2.46. The molecule has 2 aliphatic rings. The van der Waals surface area contributed by atoms with Gasteiger partial charge in [-0.2, -0.15) is 0 Å². The molecule has 0 aromatic heterocycles. The Morgan fingerprint density at radius 3 is 2.47 bits per heavy atom. The summed E-state index contributed by atoms with van der Waals surface area (Å²) in [6.07, 6.45) is 7.58. The molecule has 2 aromatic rings. The van der Waals surface area contributed by atoms with E-state index in [-0.39, 0.29) is 0 Å². The molecular formula is C27H37NO4. The second-order valence-electron chi connectivity index (χ2n) is 8.90. The molecule has 5 heteroatoms. The van der Waals surface area contributed by atoms with Gasteiger partial charge in [-0.05, 0) is 48.9 Å². The maximum atomic E-state index is 6.45. The highest BCUT2D eigenvalue weighted by Crippen LogP contribution is 2.30. The van der Waals surface area contributed by atoms with E-state index in [4.69, 9.17) is 18.9 Å². The van der Waals surface area contributed by atoms with E-state index in [0.717, 1.165) is 50.5 Å². The normalized spacial score (nSPS) is 23.9. The standard InChI is InChI=1S/C27H37NO4/c1-29-26-13-12-21(18-27(26)30-2)15-17-31-25-11-7-6-10-24(25)28-16-14-23(19-28)32-20-22-8-4-3-5-9-22/h3-5,8-9,12-13,18,23-25H,6-7,10-11,14-17,19-20H2,1-2H3/t23-,24-,25?/m1/s1. The molecule has 0 bridgehead atoms. The minimum absolute atomic E-state index is 0.316. The zero-order chi connectivity index (χ0) is 22.2. The molecule has 1 aliphatic heterocycles. The van der Waals surface area contributed by atoms with Gasteiger partial charge in [-0.3, -0.25) is 4.90 Å². The van der Waals surface area contributed by atoms with Gasteiger partial charge in [0.05, 0.1) is 39.6 Å². The van der Waals surface area contributed by atoms with Crippen LogP contribution in [0, 0.1) is 0 Å². The van der Waals surface area contributed by atoms with Crippen LogP contribution < -0.4 is 9.47 Å². The van der Waals surface area contributed by atoms with Crippen molar-refractivity contribution in [3.63, 3.8) is 0 Å². The van der Waals surface area contributed by atoms with Gasteiger partial charge in [0.15, 0.2) is 11.5 Å². The molecule has 32 heavy (non-hydrogen) atoms. The van der Waals surface area contributed by atoms with Gasteiger partial charge in [0.2, 0.25) is 0 Å². The van der Waals surface area contributed by atoms with Gasteiger partial charge in [-0.25, -0.2) is 0 Å². The van der Waals surface area contributed by atoms with Gasteiger partial charge in [-0.15, -0.1) is 0 Å². The van der Waals surface area contributed by atoms with Crippen LogP contribution in [0.4, 0.5) is 0 Å². The van der Waals surface area contributed by atoms with E-state index in [1.54, 1.807) is 14.2 Å². The van der Waals surface area contributed by atoms with Crippen LogP contribution in [-0.4, -0.2) is 57.1 Å². The van der Waals surface area contributed by atoms with Crippen LogP contribution in [0.1, 0.15) is 43.2 Å². The Labute approximate surface area is 192 Å². The minimum Gasteiger partial charge on any atom is -0.493 e. The quantitative estimate of drug-likeness (QED) is 0.528. The highest BCUT2D eigenvalue weighted by Gasteiger charge is 2.35. The molecule has 0 spiro atoms. The number of likely N-dealkylation sites (tertiary alicyclic amines) is 1. The van der Waals surface area contributed by atoms with Crippen molar-refractivity contribution in [2.45, 2.75) is 63.4 Å². The summed E-state index contributed by atoms with van der Waals surface area (Å²) in [5.74, 6) is 1.54. The summed E-state index contributed by atoms with van der Waals surface area (Å²) in [5, 5.41) is 0. The van der Waals surface area contributed by atoms with Crippen LogP contribution in [0.25, 0.3) is 0 Å². The number of hydrogen-bond donors (Lipinski definition) is 0. The Hall–Kier alpha value is -2.08. The molecule has 0 amide bonds. The first kappa shape index (κ1) is 23.1. The van der Waals surface area contributed by atoms with E-state index in [2.05, 4.69) is 47.4 Å². The highest BCUT2D eigenvalue weighted by atomic mass is 16.5. The van der Waals surface area contributed by atoms with Crippen LogP contribution in [0.3, 0.4) is 0 Å². The van der Waals surface area contributed by atoms with Crippen molar-refractivity contribution in [2.75, 3.05) is 33.9 Å². The zero-order valence-corrected chi connectivity index (χ0v) is 19.5. The average Bonchev–Trinajstić information content (AvgIpc) is 3.32. The van der Waals surface area contributed by atoms with Crippen LogP contribution in [0.5, 0.6) is 11.5 Å². The lowest BCUT2D eigenvalue weighted by molar-refractivity contribution is -0.0352. The third-order valence-corrected chi connectivity index (χ3v) is 6.81. The molecule has 1 saturated heterocycles. The third-order valence-electron chi connectivity index (χ3n) is 6.81. The summed E-state index contributed by atoms with van der Waals surface area (Å²) in [6, 6.07) is 17.1. The zero-order valence-electron chi connectivity index (χ0n) is 19.5. The molecular weight excluding hydrogens is 402 g/mol. The number of ether oxygens (including phenoxy) is 4. The molecule has 174 valence electrons. The fraction of sp³-hybridized carbons (Fsp3) is 0.556. The molecule has 0 radical (unpaired) electrons. The first-order valence-electron chi connectivity index (χ1n) is 12.0. The van der Waals surface area contributed by atoms with Crippen molar-refractivity contribution in [1.29, 1.82) is 0 Å². The van der Waals surface area contributed by atoms with Gasteiger partial charge in [0.1, 0.15) is 0 Å². The molecule has 3 atom stereocenters. The molecule has 1 aliphatic carbocycles. The molecule has 0 N–H and O–H groups in total. The second kappa shape index (κ2) is 11.7. The topological polar surface area (TPSA) is 40.2 Å². The third kappa shape index (κ3) is 6.03. The van der Waals surface area contributed by atoms with Gasteiger partial charge < -0.3 is 18.9 Å². The molecule has 5 nitrogen and oxygen atoms in total. The van der Waals surface area contributed by atoms with Gasteiger partial charge in [-0.1, -0.05) is 49.2 Å². The van der Waals surface area contributed by atoms with Gasteiger partial charge in [0.25, 0.3) is 0 Å². The van der Waals surface area contributed by atoms with E-state index in [1.165, 1.54) is 30.4 Å². The maximum absolute atomic E-state index is 6.45. The van der Waals surface area contributed by atoms with Crippen LogP contribution in [0.2, 0.25) is 0 Å². The lowest BCUT2D eigenvalue weighted by Gasteiger charge is -2.37. The van der Waals surface area contributed by atoms with Crippen molar-refractivity contribution in [2.24, 2.45) is 0 Å². The number of rotatable bonds is 10. The average molecular weight is 440 g/mol. The fourth-order valence-electron chi connectivity index (χ4n) is 5.03. The van der Waals surface area contributed by atoms with Crippen molar-refractivity contribution < 1.29 is 18.9 Å². The minimum atomic E-state index is 0.316. The van der Waals surface area contributed by atoms with Crippen molar-refractivity contribution in [1.82, 2.24) is 4.90 Å². The second-order valence-corrected chi connectivity index (χ2v) is 8.90. The lowest BCUT2D eigenvalue weighted by atomic mass is 9.91. The van der Waals surface area contributed by atoms with E-state index in [1.807, 2.05) is 6.07 Å². The largest absolute Gasteiger partial charge is 0.493 e. The Kier molecular flexibility index (Phi) is 8.43. The fourth-order valence-corrected chi connectivity index (χ4v) is 5.03. The molecule has 2 aromatic carbocycles. The van der Waals surface area contributed by atoms with Crippen LogP contribution >= 0.6 is 0 Å². The summed E-state index contributed by atoms with van der Waals surface area (Å²) in [7, 11) is 3.34. The van der Waals surface area contributed by atoms with Gasteiger partial charge in [0, 0.05) is 19.1 Å². The number of methoxy groups -OCH3 is 2. The first-order valence-corrected chi connectivity index (χ1v) is 12.0. The predicted molar refractivity (Wildman–Crippen MR) is 126 cm³/mol. The molecule has 1 saturated carbocycles. The molecule has 4 rings (SSSR count). The number of hydrogen-bond acceptors (Lipinski definition) is 5. The Morgan fingerprint density at radius 1 is 0.844 bits per heavy atom. The highest BCUT2D eigenvalue weighted by molar-refractivity contribution is 5.42. The Morgan fingerprint density at radius 2 is 1.66 bits per heavy atom. The molecule has 2 fully saturated rings. The summed E-state index contributed by atoms with van der Waals surface area (Å²) < 4.78 is 23.4. The monoisotopic (exact) mass is 439 g/mol. The van der Waals surface area contributed by atoms with Crippen molar-refractivity contribution >= 4 is 0 Å². The van der Waals surface area contributed by atoms with E-state index >= 15 is 0 Å². The maximum Gasteiger partial charge on any atom is 0.160 e. The molecule has 1 heterocycles.